The van der Waals surface area contributed by atoms with Crippen LogP contribution in [0.3, 0.4) is 0 Å². The zero-order valence-electron chi connectivity index (χ0n) is 9.18. The number of nitrogens with two attached hydrogens (primary N) is 1. The Bertz CT molecular complexity index is 538. The largest absolute Gasteiger partial charge is 0.399 e. The monoisotopic (exact) mass is 214 g/mol. The maximum Gasteiger partial charge on any atom is 0.181 e. The van der Waals surface area contributed by atoms with Gasteiger partial charge in [0.05, 0.1) is 0 Å². The number of rotatable bonds is 2. The Morgan fingerprint density at radius 2 is 1.88 bits per heavy atom. The van der Waals surface area contributed by atoms with E-state index in [1.54, 1.807) is 24.5 Å². The molecule has 3 nitrogen and oxygen atoms in total. The second-order valence-electron chi connectivity index (χ2n) is 3.84. The number of hydrogen-bond donors (Lipinski definition) is 1. The highest BCUT2D eigenvalue weighted by atomic mass is 16.1. The fourth-order valence-electron chi connectivity index (χ4n) is 1.62. The molecular weight excluding hydrogens is 200 g/mol. The Balaban J connectivity index is 2.30. The Morgan fingerprint density at radius 3 is 2.56 bits per heavy atom. The van der Waals surface area contributed by atoms with Crippen molar-refractivity contribution < 1.29 is 0 Å². The summed E-state index contributed by atoms with van der Waals surface area (Å²) in [6.07, 6.45) is 3.57. The molecule has 2 rings (SSSR count). The SMILES string of the molecule is Cc1c(N)cccc1Cn1ccc(=O)cc1. The van der Waals surface area contributed by atoms with Gasteiger partial charge in [0.2, 0.25) is 0 Å². The van der Waals surface area contributed by atoms with E-state index >= 15 is 0 Å². The van der Waals surface area contributed by atoms with Gasteiger partial charge >= 0.3 is 0 Å². The van der Waals surface area contributed by atoms with Gasteiger partial charge in [-0.25, -0.2) is 0 Å². The van der Waals surface area contributed by atoms with Crippen LogP contribution in [0.2, 0.25) is 0 Å². The third-order valence-corrected chi connectivity index (χ3v) is 2.70. The van der Waals surface area contributed by atoms with Crippen molar-refractivity contribution in [2.75, 3.05) is 5.73 Å². The number of benzene rings is 1. The highest BCUT2D eigenvalue weighted by Crippen LogP contribution is 2.16. The molecule has 1 heterocycles. The van der Waals surface area contributed by atoms with E-state index < -0.39 is 0 Å². The van der Waals surface area contributed by atoms with Crippen LogP contribution in [0.1, 0.15) is 11.1 Å². The van der Waals surface area contributed by atoms with Crippen molar-refractivity contribution in [3.05, 3.63) is 64.1 Å². The van der Waals surface area contributed by atoms with E-state index in [1.165, 1.54) is 5.56 Å². The predicted molar refractivity (Wildman–Crippen MR) is 65.4 cm³/mol. The first-order valence-corrected chi connectivity index (χ1v) is 5.17. The fraction of sp³-hybridized carbons (Fsp3) is 0.154. The van der Waals surface area contributed by atoms with Gasteiger partial charge in [-0.05, 0) is 24.1 Å². The number of anilines is 1. The molecule has 82 valence electrons. The third-order valence-electron chi connectivity index (χ3n) is 2.70. The highest BCUT2D eigenvalue weighted by Gasteiger charge is 2.01. The summed E-state index contributed by atoms with van der Waals surface area (Å²) in [6, 6.07) is 9.00. The van der Waals surface area contributed by atoms with E-state index in [2.05, 4.69) is 0 Å². The highest BCUT2D eigenvalue weighted by molar-refractivity contribution is 5.49. The average molecular weight is 214 g/mol. The lowest BCUT2D eigenvalue weighted by Gasteiger charge is -2.10. The second-order valence-corrected chi connectivity index (χ2v) is 3.84. The lowest BCUT2D eigenvalue weighted by Crippen LogP contribution is -2.06. The Kier molecular flexibility index (Phi) is 2.77. The van der Waals surface area contributed by atoms with E-state index in [0.717, 1.165) is 17.8 Å². The Hall–Kier alpha value is -2.03. The van der Waals surface area contributed by atoms with E-state index in [4.69, 9.17) is 5.73 Å². The molecule has 0 aliphatic rings. The molecule has 1 aromatic heterocycles. The van der Waals surface area contributed by atoms with Crippen molar-refractivity contribution in [3.63, 3.8) is 0 Å². The molecule has 0 unspecified atom stereocenters. The van der Waals surface area contributed by atoms with Crippen LogP contribution in [0, 0.1) is 6.92 Å². The van der Waals surface area contributed by atoms with Crippen molar-refractivity contribution in [2.45, 2.75) is 13.5 Å². The van der Waals surface area contributed by atoms with Crippen LogP contribution in [-0.2, 0) is 6.54 Å². The summed E-state index contributed by atoms with van der Waals surface area (Å²) in [5.41, 5.74) is 8.94. The molecule has 0 amide bonds. The quantitative estimate of drug-likeness (QED) is 0.775. The molecule has 3 heteroatoms. The van der Waals surface area contributed by atoms with Crippen LogP contribution in [0.25, 0.3) is 0 Å². The minimum Gasteiger partial charge on any atom is -0.399 e. The molecule has 0 aliphatic carbocycles. The lowest BCUT2D eigenvalue weighted by molar-refractivity contribution is 0.784. The maximum absolute atomic E-state index is 11.0. The number of aromatic nitrogens is 1. The summed E-state index contributed by atoms with van der Waals surface area (Å²) in [5.74, 6) is 0. The van der Waals surface area contributed by atoms with Crippen LogP contribution in [0.15, 0.2) is 47.5 Å². The first kappa shape index (κ1) is 10.5. The van der Waals surface area contributed by atoms with Crippen molar-refractivity contribution in [1.29, 1.82) is 0 Å². The minimum absolute atomic E-state index is 0.0283. The van der Waals surface area contributed by atoms with Crippen LogP contribution in [-0.4, -0.2) is 4.57 Å². The first-order valence-electron chi connectivity index (χ1n) is 5.17. The van der Waals surface area contributed by atoms with Gasteiger partial charge in [0.1, 0.15) is 0 Å². The van der Waals surface area contributed by atoms with Gasteiger partial charge in [0, 0.05) is 36.8 Å². The van der Waals surface area contributed by atoms with Crippen molar-refractivity contribution in [1.82, 2.24) is 4.57 Å². The van der Waals surface area contributed by atoms with Crippen molar-refractivity contribution in [3.8, 4) is 0 Å². The van der Waals surface area contributed by atoms with E-state index in [0.29, 0.717) is 0 Å². The molecule has 0 spiro atoms. The number of pyridine rings is 1. The van der Waals surface area contributed by atoms with E-state index in [-0.39, 0.29) is 5.43 Å². The summed E-state index contributed by atoms with van der Waals surface area (Å²) in [4.78, 5) is 11.0. The van der Waals surface area contributed by atoms with Crippen LogP contribution < -0.4 is 11.2 Å². The molecule has 0 saturated heterocycles. The van der Waals surface area contributed by atoms with E-state index in [9.17, 15) is 4.79 Å². The molecule has 0 saturated carbocycles. The predicted octanol–water partition coefficient (Wildman–Crippen LogP) is 1.79. The standard InChI is InChI=1S/C13H14N2O/c1-10-11(3-2-4-13(10)14)9-15-7-5-12(16)6-8-15/h2-8H,9,14H2,1H3. The van der Waals surface area contributed by atoms with E-state index in [1.807, 2.05) is 29.7 Å². The van der Waals surface area contributed by atoms with Gasteiger partial charge in [-0.2, -0.15) is 0 Å². The summed E-state index contributed by atoms with van der Waals surface area (Å²) >= 11 is 0. The Labute approximate surface area is 94.1 Å². The number of nitrogens with zero attached hydrogens (tertiary/aromatic N) is 1. The topological polar surface area (TPSA) is 48.0 Å². The van der Waals surface area contributed by atoms with Gasteiger partial charge in [-0.1, -0.05) is 12.1 Å². The summed E-state index contributed by atoms with van der Waals surface area (Å²) in [7, 11) is 0. The van der Waals surface area contributed by atoms with Crippen LogP contribution >= 0.6 is 0 Å². The van der Waals surface area contributed by atoms with Gasteiger partial charge in [0.25, 0.3) is 0 Å². The minimum atomic E-state index is 0.0283. The average Bonchev–Trinajstić information content (AvgIpc) is 2.28. The normalized spacial score (nSPS) is 10.3. The van der Waals surface area contributed by atoms with Crippen LogP contribution in [0.5, 0.6) is 0 Å². The molecule has 0 bridgehead atoms. The number of nitrogen functional groups attached to an aromatic ring is 1. The zero-order chi connectivity index (χ0) is 11.5. The van der Waals surface area contributed by atoms with Gasteiger partial charge < -0.3 is 10.3 Å². The summed E-state index contributed by atoms with van der Waals surface area (Å²) < 4.78 is 1.96. The van der Waals surface area contributed by atoms with Crippen LogP contribution in [0.4, 0.5) is 5.69 Å². The molecule has 1 aromatic carbocycles. The molecule has 2 N–H and O–H groups in total. The molecule has 0 fully saturated rings. The lowest BCUT2D eigenvalue weighted by atomic mass is 10.1. The van der Waals surface area contributed by atoms with Gasteiger partial charge in [-0.15, -0.1) is 0 Å². The smallest absolute Gasteiger partial charge is 0.181 e. The molecule has 2 aromatic rings. The summed E-state index contributed by atoms with van der Waals surface area (Å²) in [5, 5.41) is 0. The number of hydrogen-bond acceptors (Lipinski definition) is 2. The van der Waals surface area contributed by atoms with Crippen molar-refractivity contribution in [2.24, 2.45) is 0 Å². The molecule has 0 atom stereocenters. The molecule has 16 heavy (non-hydrogen) atoms. The Morgan fingerprint density at radius 1 is 1.19 bits per heavy atom. The first-order chi connectivity index (χ1) is 7.66. The zero-order valence-corrected chi connectivity index (χ0v) is 9.18. The fourth-order valence-corrected chi connectivity index (χ4v) is 1.62. The van der Waals surface area contributed by atoms with Gasteiger partial charge in [-0.3, -0.25) is 4.79 Å². The van der Waals surface area contributed by atoms with Gasteiger partial charge in [0.15, 0.2) is 5.43 Å². The third kappa shape index (κ3) is 2.14. The van der Waals surface area contributed by atoms with Crippen molar-refractivity contribution >= 4 is 5.69 Å². The second kappa shape index (κ2) is 4.23. The molecule has 0 aliphatic heterocycles. The molecule has 0 radical (unpaired) electrons. The molecular formula is C13H14N2O. The maximum atomic E-state index is 11.0. The summed E-state index contributed by atoms with van der Waals surface area (Å²) in [6.45, 7) is 2.74.